The summed E-state index contributed by atoms with van der Waals surface area (Å²) in [4.78, 5) is 0. The highest BCUT2D eigenvalue weighted by atomic mass is 79.9. The van der Waals surface area contributed by atoms with Crippen LogP contribution in [0.25, 0.3) is 0 Å². The average molecular weight is 371 g/mol. The summed E-state index contributed by atoms with van der Waals surface area (Å²) >= 11 is 9.70. The molecule has 0 amide bonds. The van der Waals surface area contributed by atoms with Gasteiger partial charge in [0.1, 0.15) is 0 Å². The first kappa shape index (κ1) is 15.7. The fourth-order valence-electron chi connectivity index (χ4n) is 4.27. The second kappa shape index (κ2) is 7.37. The highest BCUT2D eigenvalue weighted by Crippen LogP contribution is 2.40. The molecule has 3 heteroatoms. The lowest BCUT2D eigenvalue weighted by atomic mass is 9.71. The van der Waals surface area contributed by atoms with Gasteiger partial charge < -0.3 is 5.32 Å². The molecule has 0 heterocycles. The van der Waals surface area contributed by atoms with E-state index in [4.69, 9.17) is 11.6 Å². The molecule has 1 aromatic rings. The van der Waals surface area contributed by atoms with Crippen LogP contribution in [0.3, 0.4) is 0 Å². The van der Waals surface area contributed by atoms with E-state index in [1.165, 1.54) is 63.5 Å². The van der Waals surface area contributed by atoms with Gasteiger partial charge in [-0.25, -0.2) is 0 Å². The Morgan fingerprint density at radius 2 is 1.67 bits per heavy atom. The second-order valence-electron chi connectivity index (χ2n) is 6.72. The fourth-order valence-corrected chi connectivity index (χ4v) is 5.07. The molecule has 1 nitrogen and oxygen atoms in total. The van der Waals surface area contributed by atoms with Crippen molar-refractivity contribution in [1.29, 1.82) is 0 Å². The molecule has 0 bridgehead atoms. The molecule has 2 saturated carbocycles. The van der Waals surface area contributed by atoms with E-state index in [1.807, 2.05) is 12.1 Å². The zero-order valence-electron chi connectivity index (χ0n) is 12.6. The van der Waals surface area contributed by atoms with Gasteiger partial charge in [-0.1, -0.05) is 56.5 Å². The Kier molecular flexibility index (Phi) is 5.50. The van der Waals surface area contributed by atoms with Crippen molar-refractivity contribution >= 4 is 33.2 Å². The van der Waals surface area contributed by atoms with E-state index in [0.29, 0.717) is 6.04 Å². The van der Waals surface area contributed by atoms with Crippen LogP contribution in [-0.2, 0) is 0 Å². The SMILES string of the molecule is Clc1ccc(NC2CCCCC2C2CCCCC2)c(Br)c1. The van der Waals surface area contributed by atoms with Crippen molar-refractivity contribution in [2.24, 2.45) is 11.8 Å². The van der Waals surface area contributed by atoms with E-state index in [0.717, 1.165) is 21.3 Å². The second-order valence-corrected chi connectivity index (χ2v) is 8.01. The molecular formula is C18H25BrClN. The predicted molar refractivity (Wildman–Crippen MR) is 95.1 cm³/mol. The highest BCUT2D eigenvalue weighted by molar-refractivity contribution is 9.10. The minimum atomic E-state index is 0.638. The lowest BCUT2D eigenvalue weighted by Gasteiger charge is -2.40. The maximum absolute atomic E-state index is 6.05. The molecule has 0 radical (unpaired) electrons. The third-order valence-electron chi connectivity index (χ3n) is 5.35. The monoisotopic (exact) mass is 369 g/mol. The van der Waals surface area contributed by atoms with Gasteiger partial charge in [-0.2, -0.15) is 0 Å². The molecule has 0 aliphatic heterocycles. The van der Waals surface area contributed by atoms with Gasteiger partial charge in [0.15, 0.2) is 0 Å². The van der Waals surface area contributed by atoms with Crippen LogP contribution in [-0.4, -0.2) is 6.04 Å². The van der Waals surface area contributed by atoms with Crippen molar-refractivity contribution in [3.63, 3.8) is 0 Å². The Bertz CT molecular complexity index is 470. The summed E-state index contributed by atoms with van der Waals surface area (Å²) in [7, 11) is 0. The van der Waals surface area contributed by atoms with E-state index in [1.54, 1.807) is 0 Å². The summed E-state index contributed by atoms with van der Waals surface area (Å²) in [6.07, 6.45) is 12.7. The van der Waals surface area contributed by atoms with Crippen molar-refractivity contribution in [1.82, 2.24) is 0 Å². The smallest absolute Gasteiger partial charge is 0.0487 e. The van der Waals surface area contributed by atoms with Crippen LogP contribution in [0.2, 0.25) is 5.02 Å². The quantitative estimate of drug-likeness (QED) is 0.627. The van der Waals surface area contributed by atoms with E-state index in [-0.39, 0.29) is 0 Å². The highest BCUT2D eigenvalue weighted by Gasteiger charge is 2.32. The minimum Gasteiger partial charge on any atom is -0.381 e. The number of nitrogens with one attached hydrogen (secondary N) is 1. The maximum atomic E-state index is 6.05. The van der Waals surface area contributed by atoms with Crippen LogP contribution >= 0.6 is 27.5 Å². The summed E-state index contributed by atoms with van der Waals surface area (Å²) < 4.78 is 1.09. The zero-order chi connectivity index (χ0) is 14.7. The van der Waals surface area contributed by atoms with E-state index >= 15 is 0 Å². The molecule has 2 aliphatic rings. The fraction of sp³-hybridized carbons (Fsp3) is 0.667. The van der Waals surface area contributed by atoms with Gasteiger partial charge in [0.2, 0.25) is 0 Å². The first-order chi connectivity index (χ1) is 10.2. The first-order valence-electron chi connectivity index (χ1n) is 8.45. The summed E-state index contributed by atoms with van der Waals surface area (Å²) in [5, 5.41) is 4.61. The molecule has 0 saturated heterocycles. The Labute approximate surface area is 142 Å². The van der Waals surface area contributed by atoms with Crippen LogP contribution < -0.4 is 5.32 Å². The van der Waals surface area contributed by atoms with E-state index in [9.17, 15) is 0 Å². The van der Waals surface area contributed by atoms with Gasteiger partial charge in [-0.05, 0) is 58.8 Å². The first-order valence-corrected chi connectivity index (χ1v) is 9.63. The zero-order valence-corrected chi connectivity index (χ0v) is 14.9. The minimum absolute atomic E-state index is 0.638. The number of hydrogen-bond donors (Lipinski definition) is 1. The standard InChI is InChI=1S/C18H25BrClN/c19-16-12-14(20)10-11-18(16)21-17-9-5-4-8-15(17)13-6-2-1-3-7-13/h10-13,15,17,21H,1-9H2. The lowest BCUT2D eigenvalue weighted by molar-refractivity contribution is 0.180. The van der Waals surface area contributed by atoms with Gasteiger partial charge in [0.05, 0.1) is 0 Å². The van der Waals surface area contributed by atoms with Gasteiger partial charge in [-0.3, -0.25) is 0 Å². The molecule has 2 atom stereocenters. The predicted octanol–water partition coefficient (Wildman–Crippen LogP) is 6.65. The van der Waals surface area contributed by atoms with Crippen molar-refractivity contribution in [3.05, 3.63) is 27.7 Å². The van der Waals surface area contributed by atoms with Gasteiger partial charge in [-0.15, -0.1) is 0 Å². The molecule has 0 aromatic heterocycles. The number of anilines is 1. The summed E-state index contributed by atoms with van der Waals surface area (Å²) in [6.45, 7) is 0. The molecule has 21 heavy (non-hydrogen) atoms. The Balaban J connectivity index is 1.71. The van der Waals surface area contributed by atoms with Gasteiger partial charge in [0, 0.05) is 21.2 Å². The molecule has 3 rings (SSSR count). The van der Waals surface area contributed by atoms with Crippen molar-refractivity contribution in [2.75, 3.05) is 5.32 Å². The van der Waals surface area contributed by atoms with Crippen molar-refractivity contribution in [2.45, 2.75) is 63.8 Å². The third kappa shape index (κ3) is 3.96. The van der Waals surface area contributed by atoms with Gasteiger partial charge >= 0.3 is 0 Å². The topological polar surface area (TPSA) is 12.0 Å². The Morgan fingerprint density at radius 1 is 0.952 bits per heavy atom. The van der Waals surface area contributed by atoms with E-state index in [2.05, 4.69) is 27.3 Å². The maximum Gasteiger partial charge on any atom is 0.0487 e. The number of benzene rings is 1. The summed E-state index contributed by atoms with van der Waals surface area (Å²) in [5.74, 6) is 1.81. The Morgan fingerprint density at radius 3 is 2.43 bits per heavy atom. The molecule has 2 fully saturated rings. The van der Waals surface area contributed by atoms with Crippen molar-refractivity contribution < 1.29 is 0 Å². The van der Waals surface area contributed by atoms with E-state index < -0.39 is 0 Å². The van der Waals surface area contributed by atoms with Gasteiger partial charge in [0.25, 0.3) is 0 Å². The van der Waals surface area contributed by atoms with Crippen LogP contribution in [0.15, 0.2) is 22.7 Å². The normalized spacial score (nSPS) is 27.5. The molecular weight excluding hydrogens is 346 g/mol. The molecule has 1 N–H and O–H groups in total. The third-order valence-corrected chi connectivity index (χ3v) is 6.24. The van der Waals surface area contributed by atoms with Crippen LogP contribution in [0.1, 0.15) is 57.8 Å². The molecule has 116 valence electrons. The molecule has 2 aliphatic carbocycles. The molecule has 2 unspecified atom stereocenters. The average Bonchev–Trinajstić information content (AvgIpc) is 2.51. The van der Waals surface area contributed by atoms with Crippen LogP contribution in [0.5, 0.6) is 0 Å². The van der Waals surface area contributed by atoms with Crippen LogP contribution in [0, 0.1) is 11.8 Å². The summed E-state index contributed by atoms with van der Waals surface area (Å²) in [5.41, 5.74) is 1.20. The lowest BCUT2D eigenvalue weighted by Crippen LogP contribution is -2.37. The molecule has 1 aromatic carbocycles. The number of hydrogen-bond acceptors (Lipinski definition) is 1. The summed E-state index contributed by atoms with van der Waals surface area (Å²) in [6, 6.07) is 6.72. The molecule has 0 spiro atoms. The van der Waals surface area contributed by atoms with Crippen LogP contribution in [0.4, 0.5) is 5.69 Å². The Hall–Kier alpha value is -0.210. The number of halogens is 2. The van der Waals surface area contributed by atoms with Crippen molar-refractivity contribution in [3.8, 4) is 0 Å². The number of rotatable bonds is 3. The largest absolute Gasteiger partial charge is 0.381 e.